The number of benzene rings is 1. The fourth-order valence-electron chi connectivity index (χ4n) is 1.67. The molecule has 0 spiro atoms. The minimum absolute atomic E-state index is 0.159. The van der Waals surface area contributed by atoms with E-state index in [-0.39, 0.29) is 5.91 Å². The summed E-state index contributed by atoms with van der Waals surface area (Å²) in [5, 5.41) is 2.53. The van der Waals surface area contributed by atoms with E-state index in [1.807, 2.05) is 0 Å². The molecule has 1 amide bonds. The summed E-state index contributed by atoms with van der Waals surface area (Å²) in [6.45, 7) is 0.337. The zero-order chi connectivity index (χ0) is 13.8. The number of carbonyl (C=O) groups excluding carboxylic acids is 1. The number of nitrogens with zero attached hydrogens (tertiary/aromatic N) is 1. The molecule has 2 rings (SSSR count). The number of nitrogens with one attached hydrogen (secondary N) is 2. The molecule has 19 heavy (non-hydrogen) atoms. The van der Waals surface area contributed by atoms with Crippen molar-refractivity contribution < 1.29 is 4.79 Å². The molecule has 0 unspecified atom stereocenters. The largest absolute Gasteiger partial charge is 0.355 e. The van der Waals surface area contributed by atoms with Gasteiger partial charge in [-0.2, -0.15) is 0 Å². The fraction of sp³-hybridized carbons (Fsp3) is 0.154. The Morgan fingerprint density at radius 3 is 2.47 bits per heavy atom. The standard InChI is InChI=1S/C13H13N3O3/c1-14-12(18)10-4-2-9(3-5-10)8-16-7-6-11(17)15-13(16)19/h2-7H,8H2,1H3,(H,14,18)(H,15,17,19). The van der Waals surface area contributed by atoms with Gasteiger partial charge in [0.05, 0.1) is 6.54 Å². The van der Waals surface area contributed by atoms with E-state index in [1.165, 1.54) is 16.8 Å². The molecule has 0 radical (unpaired) electrons. The Balaban J connectivity index is 2.22. The van der Waals surface area contributed by atoms with Gasteiger partial charge >= 0.3 is 5.69 Å². The molecule has 0 atom stereocenters. The number of amides is 1. The number of carbonyl (C=O) groups is 1. The van der Waals surface area contributed by atoms with E-state index < -0.39 is 11.2 Å². The molecule has 1 aromatic carbocycles. The molecule has 2 N–H and O–H groups in total. The SMILES string of the molecule is CNC(=O)c1ccc(Cn2ccc(=O)[nH]c2=O)cc1. The van der Waals surface area contributed by atoms with Crippen LogP contribution in [0.15, 0.2) is 46.1 Å². The first kappa shape index (κ1) is 12.8. The first-order valence-corrected chi connectivity index (χ1v) is 5.71. The highest BCUT2D eigenvalue weighted by atomic mass is 16.2. The summed E-state index contributed by atoms with van der Waals surface area (Å²) < 4.78 is 1.39. The van der Waals surface area contributed by atoms with Gasteiger partial charge in [0.15, 0.2) is 0 Å². The van der Waals surface area contributed by atoms with E-state index >= 15 is 0 Å². The molecule has 98 valence electrons. The molecular formula is C13H13N3O3. The molecule has 0 saturated carbocycles. The van der Waals surface area contributed by atoms with Crippen LogP contribution in [0.3, 0.4) is 0 Å². The van der Waals surface area contributed by atoms with Crippen LogP contribution in [0.2, 0.25) is 0 Å². The molecule has 1 heterocycles. The predicted molar refractivity (Wildman–Crippen MR) is 70.3 cm³/mol. The van der Waals surface area contributed by atoms with E-state index in [1.54, 1.807) is 31.3 Å². The molecule has 0 bridgehead atoms. The van der Waals surface area contributed by atoms with Crippen LogP contribution in [0, 0.1) is 0 Å². The minimum atomic E-state index is -0.456. The van der Waals surface area contributed by atoms with Gasteiger partial charge in [0.2, 0.25) is 0 Å². The Labute approximate surface area is 108 Å². The Bertz CT molecular complexity index is 698. The highest BCUT2D eigenvalue weighted by Gasteiger charge is 2.03. The lowest BCUT2D eigenvalue weighted by atomic mass is 10.1. The summed E-state index contributed by atoms with van der Waals surface area (Å²) in [6, 6.07) is 8.19. The van der Waals surface area contributed by atoms with Crippen LogP contribution in [0.5, 0.6) is 0 Å². The zero-order valence-electron chi connectivity index (χ0n) is 10.3. The number of rotatable bonds is 3. The van der Waals surface area contributed by atoms with Crippen molar-refractivity contribution in [3.05, 3.63) is 68.5 Å². The van der Waals surface area contributed by atoms with Crippen molar-refractivity contribution in [1.29, 1.82) is 0 Å². The van der Waals surface area contributed by atoms with E-state index in [4.69, 9.17) is 0 Å². The molecule has 0 aliphatic rings. The lowest BCUT2D eigenvalue weighted by Gasteiger charge is -2.05. The van der Waals surface area contributed by atoms with Crippen molar-refractivity contribution in [2.75, 3.05) is 7.05 Å². The topological polar surface area (TPSA) is 84.0 Å². The van der Waals surface area contributed by atoms with Gasteiger partial charge in [-0.25, -0.2) is 4.79 Å². The van der Waals surface area contributed by atoms with Crippen molar-refractivity contribution >= 4 is 5.91 Å². The van der Waals surface area contributed by atoms with Gasteiger partial charge < -0.3 is 5.32 Å². The quantitative estimate of drug-likeness (QED) is 0.810. The normalized spacial score (nSPS) is 10.2. The van der Waals surface area contributed by atoms with Crippen molar-refractivity contribution in [1.82, 2.24) is 14.9 Å². The molecule has 6 heteroatoms. The first-order valence-electron chi connectivity index (χ1n) is 5.71. The molecule has 0 aliphatic heterocycles. The summed E-state index contributed by atoms with van der Waals surface area (Å²) in [7, 11) is 1.57. The van der Waals surface area contributed by atoms with Crippen LogP contribution < -0.4 is 16.6 Å². The zero-order valence-corrected chi connectivity index (χ0v) is 10.3. The number of aromatic amines is 1. The third kappa shape index (κ3) is 2.98. The van der Waals surface area contributed by atoms with E-state index in [0.717, 1.165) is 5.56 Å². The van der Waals surface area contributed by atoms with Crippen molar-refractivity contribution in [2.45, 2.75) is 6.54 Å². The van der Waals surface area contributed by atoms with Gasteiger partial charge in [0, 0.05) is 24.9 Å². The van der Waals surface area contributed by atoms with Gasteiger partial charge in [0.1, 0.15) is 0 Å². The fourth-order valence-corrected chi connectivity index (χ4v) is 1.67. The highest BCUT2D eigenvalue weighted by Crippen LogP contribution is 2.05. The van der Waals surface area contributed by atoms with Gasteiger partial charge in [-0.05, 0) is 17.7 Å². The summed E-state index contributed by atoms with van der Waals surface area (Å²) in [5.41, 5.74) is 0.543. The van der Waals surface area contributed by atoms with E-state index in [9.17, 15) is 14.4 Å². The van der Waals surface area contributed by atoms with Gasteiger partial charge in [-0.1, -0.05) is 12.1 Å². The molecule has 0 saturated heterocycles. The summed E-state index contributed by atoms with van der Waals surface area (Å²) in [4.78, 5) is 36.0. The molecule has 0 fully saturated rings. The van der Waals surface area contributed by atoms with Crippen molar-refractivity contribution in [3.63, 3.8) is 0 Å². The van der Waals surface area contributed by atoms with Crippen LogP contribution in [-0.2, 0) is 6.54 Å². The lowest BCUT2D eigenvalue weighted by Crippen LogP contribution is -2.28. The number of H-pyrrole nitrogens is 1. The van der Waals surface area contributed by atoms with E-state index in [0.29, 0.717) is 12.1 Å². The third-order valence-corrected chi connectivity index (χ3v) is 2.69. The smallest absolute Gasteiger partial charge is 0.328 e. The first-order chi connectivity index (χ1) is 9.10. The van der Waals surface area contributed by atoms with Crippen molar-refractivity contribution in [3.8, 4) is 0 Å². The maximum absolute atomic E-state index is 11.5. The summed E-state index contributed by atoms with van der Waals surface area (Å²) in [5.74, 6) is -0.159. The third-order valence-electron chi connectivity index (χ3n) is 2.69. The summed E-state index contributed by atoms with van der Waals surface area (Å²) in [6.07, 6.45) is 1.44. The molecule has 1 aromatic heterocycles. The van der Waals surface area contributed by atoms with Crippen LogP contribution in [0.1, 0.15) is 15.9 Å². The van der Waals surface area contributed by atoms with Crippen LogP contribution in [0.4, 0.5) is 0 Å². The second kappa shape index (κ2) is 5.34. The second-order valence-corrected chi connectivity index (χ2v) is 4.01. The molecular weight excluding hydrogens is 246 g/mol. The number of aromatic nitrogens is 2. The Hall–Kier alpha value is -2.63. The molecule has 0 aliphatic carbocycles. The van der Waals surface area contributed by atoms with Gasteiger partial charge in [-0.3, -0.25) is 19.1 Å². The molecule has 6 nitrogen and oxygen atoms in total. The Morgan fingerprint density at radius 2 is 1.89 bits per heavy atom. The maximum Gasteiger partial charge on any atom is 0.328 e. The van der Waals surface area contributed by atoms with Gasteiger partial charge in [0.25, 0.3) is 11.5 Å². The average molecular weight is 259 g/mol. The maximum atomic E-state index is 11.5. The molecule has 2 aromatic rings. The van der Waals surface area contributed by atoms with Crippen LogP contribution in [0.25, 0.3) is 0 Å². The van der Waals surface area contributed by atoms with Crippen LogP contribution >= 0.6 is 0 Å². The average Bonchev–Trinajstić information content (AvgIpc) is 2.42. The summed E-state index contributed by atoms with van der Waals surface area (Å²) >= 11 is 0. The number of hydrogen-bond donors (Lipinski definition) is 2. The second-order valence-electron chi connectivity index (χ2n) is 4.01. The lowest BCUT2D eigenvalue weighted by molar-refractivity contribution is 0.0963. The van der Waals surface area contributed by atoms with Crippen molar-refractivity contribution in [2.24, 2.45) is 0 Å². The predicted octanol–water partition coefficient (Wildman–Crippen LogP) is -0.0555. The number of hydrogen-bond acceptors (Lipinski definition) is 3. The highest BCUT2D eigenvalue weighted by molar-refractivity contribution is 5.93. The van der Waals surface area contributed by atoms with E-state index in [2.05, 4.69) is 10.3 Å². The Morgan fingerprint density at radius 1 is 1.21 bits per heavy atom. The minimum Gasteiger partial charge on any atom is -0.355 e. The monoisotopic (exact) mass is 259 g/mol. The Kier molecular flexibility index (Phi) is 3.61. The van der Waals surface area contributed by atoms with Crippen LogP contribution in [-0.4, -0.2) is 22.5 Å². The van der Waals surface area contributed by atoms with Gasteiger partial charge in [-0.15, -0.1) is 0 Å².